The maximum absolute atomic E-state index is 11.8. The zero-order valence-corrected chi connectivity index (χ0v) is 8.87. The van der Waals surface area contributed by atoms with Crippen LogP contribution >= 0.6 is 12.6 Å². The summed E-state index contributed by atoms with van der Waals surface area (Å²) in [7, 11) is 0. The molecule has 14 heavy (non-hydrogen) atoms. The van der Waals surface area contributed by atoms with Crippen molar-refractivity contribution >= 4 is 24.4 Å². The van der Waals surface area contributed by atoms with E-state index in [0.29, 0.717) is 25.3 Å². The molecule has 0 spiro atoms. The minimum atomic E-state index is -0.208. The van der Waals surface area contributed by atoms with Gasteiger partial charge in [0.1, 0.15) is 0 Å². The molecule has 2 fully saturated rings. The molecule has 1 atom stereocenters. The van der Waals surface area contributed by atoms with Gasteiger partial charge in [-0.2, -0.15) is 12.6 Å². The van der Waals surface area contributed by atoms with Crippen molar-refractivity contribution in [2.45, 2.75) is 19.3 Å². The molecule has 0 aliphatic carbocycles. The van der Waals surface area contributed by atoms with E-state index in [1.54, 1.807) is 10.0 Å². The summed E-state index contributed by atoms with van der Waals surface area (Å²) in [5, 5.41) is 3.21. The minimum absolute atomic E-state index is 0.0688. The first-order valence-corrected chi connectivity index (χ1v) is 5.60. The fourth-order valence-electron chi connectivity index (χ4n) is 2.01. The van der Waals surface area contributed by atoms with E-state index < -0.39 is 0 Å². The number of thiol groups is 1. The van der Waals surface area contributed by atoms with Crippen LogP contribution in [0.5, 0.6) is 0 Å². The molecule has 0 N–H and O–H groups in total. The maximum atomic E-state index is 11.8. The van der Waals surface area contributed by atoms with Crippen LogP contribution in [-0.2, 0) is 9.59 Å². The molecular weight excluding hydrogens is 200 g/mol. The van der Waals surface area contributed by atoms with Crippen LogP contribution in [0, 0.1) is 5.92 Å². The molecule has 0 aromatic heterocycles. The van der Waals surface area contributed by atoms with E-state index in [0.717, 1.165) is 12.8 Å². The second-order valence-electron chi connectivity index (χ2n) is 3.77. The van der Waals surface area contributed by atoms with E-state index in [2.05, 4.69) is 12.6 Å². The second-order valence-corrected chi connectivity index (χ2v) is 4.13. The van der Waals surface area contributed by atoms with Gasteiger partial charge in [-0.25, -0.2) is 0 Å². The topological polar surface area (TPSA) is 40.6 Å². The van der Waals surface area contributed by atoms with Crippen molar-refractivity contribution in [2.24, 2.45) is 5.92 Å². The normalized spacial score (nSPS) is 27.9. The SMILES string of the molecule is O=C1CC(CS)C(=O)N2CCCCN12. The van der Waals surface area contributed by atoms with E-state index in [1.165, 1.54) is 0 Å². The molecule has 4 nitrogen and oxygen atoms in total. The van der Waals surface area contributed by atoms with Gasteiger partial charge in [0.25, 0.3) is 0 Å². The van der Waals surface area contributed by atoms with E-state index in [1.807, 2.05) is 0 Å². The van der Waals surface area contributed by atoms with Crippen LogP contribution in [-0.4, -0.2) is 40.7 Å². The smallest absolute Gasteiger partial charge is 0.245 e. The molecule has 0 saturated carbocycles. The molecule has 2 aliphatic rings. The number of hydrogen-bond donors (Lipinski definition) is 1. The third kappa shape index (κ3) is 1.49. The van der Waals surface area contributed by atoms with Gasteiger partial charge >= 0.3 is 0 Å². The van der Waals surface area contributed by atoms with Crippen LogP contribution in [0.2, 0.25) is 0 Å². The molecule has 2 saturated heterocycles. The Bertz CT molecular complexity index is 270. The Labute approximate surface area is 88.6 Å². The average Bonchev–Trinajstić information content (AvgIpc) is 2.23. The zero-order valence-electron chi connectivity index (χ0n) is 7.98. The van der Waals surface area contributed by atoms with Crippen molar-refractivity contribution < 1.29 is 9.59 Å². The predicted octanol–water partition coefficient (Wildman–Crippen LogP) is 0.302. The molecule has 2 amide bonds. The molecule has 5 heteroatoms. The van der Waals surface area contributed by atoms with Gasteiger partial charge in [-0.15, -0.1) is 0 Å². The first-order chi connectivity index (χ1) is 6.74. The minimum Gasteiger partial charge on any atom is -0.273 e. The summed E-state index contributed by atoms with van der Waals surface area (Å²) in [4.78, 5) is 23.5. The van der Waals surface area contributed by atoms with Crippen LogP contribution in [0.1, 0.15) is 19.3 Å². The van der Waals surface area contributed by atoms with Crippen molar-refractivity contribution in [2.75, 3.05) is 18.8 Å². The van der Waals surface area contributed by atoms with Crippen LogP contribution in [0.4, 0.5) is 0 Å². The van der Waals surface area contributed by atoms with Gasteiger partial charge in [0, 0.05) is 25.3 Å². The van der Waals surface area contributed by atoms with Gasteiger partial charge in [0.15, 0.2) is 0 Å². The lowest BCUT2D eigenvalue weighted by atomic mass is 10.0. The summed E-state index contributed by atoms with van der Waals surface area (Å²) in [5.74, 6) is 0.400. The third-order valence-corrected chi connectivity index (χ3v) is 3.25. The maximum Gasteiger partial charge on any atom is 0.245 e. The monoisotopic (exact) mass is 214 g/mol. The molecule has 78 valence electrons. The quantitative estimate of drug-likeness (QED) is 0.638. The van der Waals surface area contributed by atoms with Gasteiger partial charge in [-0.1, -0.05) is 0 Å². The number of carbonyl (C=O) groups excluding carboxylic acids is 2. The standard InChI is InChI=1S/C9H14N2O2S/c12-8-5-7(6-14)9(13)11-4-2-1-3-10(8)11/h7,14H,1-6H2. The Kier molecular flexibility index (Phi) is 2.67. The second kappa shape index (κ2) is 3.81. The molecular formula is C9H14N2O2S. The van der Waals surface area contributed by atoms with E-state index >= 15 is 0 Å². The van der Waals surface area contributed by atoms with Crippen molar-refractivity contribution in [3.63, 3.8) is 0 Å². The van der Waals surface area contributed by atoms with Crippen molar-refractivity contribution in [1.29, 1.82) is 0 Å². The van der Waals surface area contributed by atoms with E-state index in [4.69, 9.17) is 0 Å². The van der Waals surface area contributed by atoms with Gasteiger partial charge in [0.2, 0.25) is 11.8 Å². The summed E-state index contributed by atoms with van der Waals surface area (Å²) in [6.07, 6.45) is 2.33. The summed E-state index contributed by atoms with van der Waals surface area (Å²) >= 11 is 4.10. The third-order valence-electron chi connectivity index (χ3n) is 2.81. The molecule has 0 radical (unpaired) electrons. The summed E-state index contributed by atoms with van der Waals surface area (Å²) in [5.41, 5.74) is 0. The fourth-order valence-corrected chi connectivity index (χ4v) is 2.30. The van der Waals surface area contributed by atoms with E-state index in [9.17, 15) is 9.59 Å². The Morgan fingerprint density at radius 3 is 2.50 bits per heavy atom. The fraction of sp³-hybridized carbons (Fsp3) is 0.778. The van der Waals surface area contributed by atoms with Crippen LogP contribution < -0.4 is 0 Å². The molecule has 0 aromatic carbocycles. The number of hydrazine groups is 1. The van der Waals surface area contributed by atoms with Crippen molar-refractivity contribution in [1.82, 2.24) is 10.0 Å². The first-order valence-electron chi connectivity index (χ1n) is 4.96. The highest BCUT2D eigenvalue weighted by atomic mass is 32.1. The number of carbonyl (C=O) groups is 2. The Hall–Kier alpha value is -0.710. The van der Waals surface area contributed by atoms with Crippen molar-refractivity contribution in [3.05, 3.63) is 0 Å². The highest BCUT2D eigenvalue weighted by molar-refractivity contribution is 7.80. The Morgan fingerprint density at radius 1 is 1.21 bits per heavy atom. The summed E-state index contributed by atoms with van der Waals surface area (Å²) in [6, 6.07) is 0. The lowest BCUT2D eigenvalue weighted by molar-refractivity contribution is -0.179. The number of fused-ring (bicyclic) bond motifs is 1. The van der Waals surface area contributed by atoms with E-state index in [-0.39, 0.29) is 17.7 Å². The summed E-state index contributed by atoms with van der Waals surface area (Å²) < 4.78 is 0. The van der Waals surface area contributed by atoms with Gasteiger partial charge < -0.3 is 0 Å². The van der Waals surface area contributed by atoms with Gasteiger partial charge in [0.05, 0.1) is 5.92 Å². The van der Waals surface area contributed by atoms with Gasteiger partial charge in [-0.05, 0) is 12.8 Å². The summed E-state index contributed by atoms with van der Waals surface area (Å²) in [6.45, 7) is 1.39. The predicted molar refractivity (Wildman–Crippen MR) is 54.6 cm³/mol. The van der Waals surface area contributed by atoms with Crippen LogP contribution in [0.15, 0.2) is 0 Å². The molecule has 2 rings (SSSR count). The highest BCUT2D eigenvalue weighted by Gasteiger charge is 2.38. The molecule has 0 bridgehead atoms. The molecule has 0 aromatic rings. The van der Waals surface area contributed by atoms with Crippen LogP contribution in [0.3, 0.4) is 0 Å². The number of rotatable bonds is 1. The van der Waals surface area contributed by atoms with Crippen molar-refractivity contribution in [3.8, 4) is 0 Å². The number of amides is 2. The largest absolute Gasteiger partial charge is 0.273 e. The number of nitrogens with zero attached hydrogens (tertiary/aromatic N) is 2. The Balaban J connectivity index is 2.17. The first kappa shape index (κ1) is 9.83. The lowest BCUT2D eigenvalue weighted by Gasteiger charge is -2.43. The molecule has 2 heterocycles. The number of hydrogen-bond acceptors (Lipinski definition) is 3. The van der Waals surface area contributed by atoms with Gasteiger partial charge in [-0.3, -0.25) is 19.6 Å². The lowest BCUT2D eigenvalue weighted by Crippen LogP contribution is -2.59. The average molecular weight is 214 g/mol. The molecule has 2 aliphatic heterocycles. The highest BCUT2D eigenvalue weighted by Crippen LogP contribution is 2.24. The zero-order chi connectivity index (χ0) is 10.1. The molecule has 1 unspecified atom stereocenters. The van der Waals surface area contributed by atoms with Crippen LogP contribution in [0.25, 0.3) is 0 Å². The Morgan fingerprint density at radius 2 is 1.86 bits per heavy atom.